The summed E-state index contributed by atoms with van der Waals surface area (Å²) in [5.74, 6) is 1.77. The number of ketones is 1. The minimum atomic E-state index is -0.510. The van der Waals surface area contributed by atoms with Gasteiger partial charge in [0.1, 0.15) is 5.76 Å². The van der Waals surface area contributed by atoms with E-state index in [-0.39, 0.29) is 44.9 Å². The molecule has 3 fully saturated rings. The number of methoxy groups -OCH3 is 1. The molecule has 37 heavy (non-hydrogen) atoms. The zero-order valence-corrected chi connectivity index (χ0v) is 24.1. The van der Waals surface area contributed by atoms with Crippen LogP contribution < -0.4 is 0 Å². The molecule has 1 heterocycles. The molecule has 8 atom stereocenters. The Hall–Kier alpha value is -1.91. The van der Waals surface area contributed by atoms with E-state index >= 15 is 0 Å². The van der Waals surface area contributed by atoms with Crippen molar-refractivity contribution >= 4 is 11.8 Å². The van der Waals surface area contributed by atoms with Crippen molar-refractivity contribution in [1.82, 2.24) is 5.16 Å². The van der Waals surface area contributed by atoms with Crippen molar-refractivity contribution in [3.8, 4) is 0 Å². The molecule has 1 aromatic heterocycles. The van der Waals surface area contributed by atoms with Crippen LogP contribution in [0.5, 0.6) is 0 Å². The van der Waals surface area contributed by atoms with Gasteiger partial charge in [-0.2, -0.15) is 0 Å². The zero-order valence-electron chi connectivity index (χ0n) is 24.1. The number of allylic oxidation sites excluding steroid dienone is 2. The van der Waals surface area contributed by atoms with Gasteiger partial charge in [-0.1, -0.05) is 52.3 Å². The summed E-state index contributed by atoms with van der Waals surface area (Å²) in [5, 5.41) is 4.19. The number of aromatic nitrogens is 1. The lowest BCUT2D eigenvalue weighted by Crippen LogP contribution is -2.65. The fraction of sp³-hybridized carbons (Fsp3) is 0.781. The van der Waals surface area contributed by atoms with Crippen molar-refractivity contribution in [3.05, 3.63) is 29.2 Å². The minimum absolute atomic E-state index is 0.0489. The number of fused-ring (bicyclic) bond motifs is 8. The highest BCUT2D eigenvalue weighted by Gasteiger charge is 2.69. The lowest BCUT2D eigenvalue weighted by molar-refractivity contribution is -0.179. The minimum Gasteiger partial charge on any atom is -0.469 e. The van der Waals surface area contributed by atoms with Crippen LogP contribution in [0.25, 0.3) is 0 Å². The van der Waals surface area contributed by atoms with Gasteiger partial charge in [-0.25, -0.2) is 0 Å². The summed E-state index contributed by atoms with van der Waals surface area (Å²) in [7, 11) is 1.50. The Morgan fingerprint density at radius 1 is 1.03 bits per heavy atom. The Kier molecular flexibility index (Phi) is 5.06. The number of esters is 1. The highest BCUT2D eigenvalue weighted by Crippen LogP contribution is 2.74. The average molecular weight is 508 g/mol. The molecule has 0 aliphatic heterocycles. The summed E-state index contributed by atoms with van der Waals surface area (Å²) in [6.45, 7) is 16.4. The summed E-state index contributed by atoms with van der Waals surface area (Å²) in [6, 6.07) is 0. The number of carbonyl (C=O) groups excluding carboxylic acids is 2. The first-order chi connectivity index (χ1) is 17.2. The van der Waals surface area contributed by atoms with Gasteiger partial charge in [0.2, 0.25) is 0 Å². The third-order valence-electron chi connectivity index (χ3n) is 13.2. The molecule has 1 aromatic rings. The molecular weight excluding hydrogens is 462 g/mol. The standard InChI is InChI=1S/C32H45NO4/c1-27(2)22-9-10-31(6)23(30(22,5)16-19-18-33-37-25(19)27)15-21(34)24-20-17-29(4,26(35)36-8)12-11-28(20,3)13-14-32(24,31)7/h15,18,20,22,24H,9-14,16-17H2,1-8H3/t20-,22-,24-,28+,29-,30-,31+,32+/m0/s1. The van der Waals surface area contributed by atoms with E-state index in [2.05, 4.69) is 59.7 Å². The van der Waals surface area contributed by atoms with Crippen molar-refractivity contribution in [2.24, 2.45) is 44.8 Å². The molecule has 0 saturated heterocycles. The molecule has 3 saturated carbocycles. The molecule has 0 amide bonds. The van der Waals surface area contributed by atoms with Crippen LogP contribution in [0.2, 0.25) is 0 Å². The smallest absolute Gasteiger partial charge is 0.311 e. The Morgan fingerprint density at radius 3 is 2.43 bits per heavy atom. The maximum atomic E-state index is 14.4. The van der Waals surface area contributed by atoms with Crippen LogP contribution in [0.15, 0.2) is 22.4 Å². The maximum absolute atomic E-state index is 14.4. The van der Waals surface area contributed by atoms with E-state index in [4.69, 9.17) is 9.26 Å². The Bertz CT molecular complexity index is 1210. The van der Waals surface area contributed by atoms with E-state index < -0.39 is 5.41 Å². The van der Waals surface area contributed by atoms with Crippen LogP contribution in [-0.2, 0) is 26.2 Å². The van der Waals surface area contributed by atoms with Crippen LogP contribution in [0, 0.1) is 44.8 Å². The predicted octanol–water partition coefficient (Wildman–Crippen LogP) is 6.84. The molecule has 5 aliphatic carbocycles. The fourth-order valence-electron chi connectivity index (χ4n) is 10.8. The third-order valence-corrected chi connectivity index (χ3v) is 13.2. The van der Waals surface area contributed by atoms with Crippen molar-refractivity contribution in [3.63, 3.8) is 0 Å². The molecule has 5 nitrogen and oxygen atoms in total. The lowest BCUT2D eigenvalue weighted by atomic mass is 9.34. The molecule has 0 aromatic carbocycles. The SMILES string of the molecule is COC(=O)[C@@]1(C)CC[C@]2(C)CC[C@]3(C)[C@H](C(=O)C=C4[C@@]5(C)Cc6cnoc6C(C)(C)[C@@H]5CC[C@]43C)[C@@H]2C1. The predicted molar refractivity (Wildman–Crippen MR) is 142 cm³/mol. The van der Waals surface area contributed by atoms with Crippen molar-refractivity contribution in [1.29, 1.82) is 0 Å². The lowest BCUT2D eigenvalue weighted by Gasteiger charge is -2.69. The van der Waals surface area contributed by atoms with Crippen molar-refractivity contribution in [2.75, 3.05) is 7.11 Å². The number of hydrogen-bond donors (Lipinski definition) is 0. The van der Waals surface area contributed by atoms with Gasteiger partial charge in [-0.3, -0.25) is 9.59 Å². The van der Waals surface area contributed by atoms with E-state index in [1.54, 1.807) is 0 Å². The summed E-state index contributed by atoms with van der Waals surface area (Å²) >= 11 is 0. The van der Waals surface area contributed by atoms with Crippen LogP contribution in [0.1, 0.15) is 105 Å². The number of carbonyl (C=O) groups is 2. The van der Waals surface area contributed by atoms with E-state index in [1.165, 1.54) is 18.2 Å². The van der Waals surface area contributed by atoms with E-state index in [0.717, 1.165) is 57.1 Å². The number of nitrogens with zero attached hydrogens (tertiary/aromatic N) is 1. The number of hydrogen-bond acceptors (Lipinski definition) is 5. The molecule has 5 heteroatoms. The first-order valence-electron chi connectivity index (χ1n) is 14.5. The van der Waals surface area contributed by atoms with Crippen LogP contribution in [-0.4, -0.2) is 24.0 Å². The highest BCUT2D eigenvalue weighted by atomic mass is 16.5. The fourth-order valence-corrected chi connectivity index (χ4v) is 10.8. The van der Waals surface area contributed by atoms with Gasteiger partial charge in [0.05, 0.1) is 18.7 Å². The second kappa shape index (κ2) is 7.39. The number of rotatable bonds is 1. The monoisotopic (exact) mass is 507 g/mol. The second-order valence-electron chi connectivity index (χ2n) is 15.3. The van der Waals surface area contributed by atoms with E-state index in [1.807, 2.05) is 6.20 Å². The molecule has 0 spiro atoms. The van der Waals surface area contributed by atoms with Crippen molar-refractivity contribution in [2.45, 2.75) is 105 Å². The van der Waals surface area contributed by atoms with Gasteiger partial charge < -0.3 is 9.26 Å². The molecule has 0 unspecified atom stereocenters. The van der Waals surface area contributed by atoms with Gasteiger partial charge in [-0.05, 0) is 97.9 Å². The zero-order chi connectivity index (χ0) is 26.8. The molecule has 6 rings (SSSR count). The first-order valence-corrected chi connectivity index (χ1v) is 14.5. The summed E-state index contributed by atoms with van der Waals surface area (Å²) in [5.41, 5.74) is 1.75. The molecule has 202 valence electrons. The van der Waals surface area contributed by atoms with Gasteiger partial charge in [0, 0.05) is 16.9 Å². The van der Waals surface area contributed by atoms with Gasteiger partial charge in [-0.15, -0.1) is 0 Å². The molecular formula is C32H45NO4. The van der Waals surface area contributed by atoms with Gasteiger partial charge in [0.25, 0.3) is 0 Å². The summed E-state index contributed by atoms with van der Waals surface area (Å²) in [4.78, 5) is 27.3. The topological polar surface area (TPSA) is 69.4 Å². The molecule has 0 N–H and O–H groups in total. The first kappa shape index (κ1) is 25.4. The van der Waals surface area contributed by atoms with Crippen LogP contribution in [0.4, 0.5) is 0 Å². The Labute approximate surface area is 222 Å². The van der Waals surface area contributed by atoms with E-state index in [9.17, 15) is 9.59 Å². The number of ether oxygens (including phenoxy) is 1. The van der Waals surface area contributed by atoms with Crippen LogP contribution >= 0.6 is 0 Å². The largest absolute Gasteiger partial charge is 0.469 e. The van der Waals surface area contributed by atoms with Gasteiger partial charge in [0.15, 0.2) is 5.78 Å². The third kappa shape index (κ3) is 2.95. The molecule has 0 radical (unpaired) electrons. The van der Waals surface area contributed by atoms with Crippen molar-refractivity contribution < 1.29 is 18.8 Å². The van der Waals surface area contributed by atoms with E-state index in [0.29, 0.717) is 11.7 Å². The molecule has 5 aliphatic rings. The maximum Gasteiger partial charge on any atom is 0.311 e. The normalized spacial score (nSPS) is 47.9. The van der Waals surface area contributed by atoms with Crippen LogP contribution in [0.3, 0.4) is 0 Å². The highest BCUT2D eigenvalue weighted by molar-refractivity contribution is 5.95. The Morgan fingerprint density at radius 2 is 1.73 bits per heavy atom. The van der Waals surface area contributed by atoms with Gasteiger partial charge >= 0.3 is 5.97 Å². The average Bonchev–Trinajstić information content (AvgIpc) is 3.30. The summed E-state index contributed by atoms with van der Waals surface area (Å²) in [6.07, 6.45) is 11.9. The summed E-state index contributed by atoms with van der Waals surface area (Å²) < 4.78 is 11.1. The Balaban J connectivity index is 1.47. The second-order valence-corrected chi connectivity index (χ2v) is 15.3. The molecule has 0 bridgehead atoms. The quantitative estimate of drug-likeness (QED) is 0.389.